The Morgan fingerprint density at radius 1 is 1.42 bits per heavy atom. The minimum atomic E-state index is 0.163. The van der Waals surface area contributed by atoms with E-state index in [1.165, 1.54) is 17.5 Å². The maximum Gasteiger partial charge on any atom is 0.119 e. The molecule has 3 heteroatoms. The van der Waals surface area contributed by atoms with Crippen molar-refractivity contribution in [1.29, 1.82) is 0 Å². The summed E-state index contributed by atoms with van der Waals surface area (Å²) in [6, 6.07) is 6.95. The summed E-state index contributed by atoms with van der Waals surface area (Å²) >= 11 is 0. The van der Waals surface area contributed by atoms with Crippen LogP contribution in [0.5, 0.6) is 5.75 Å². The SMILES string of the molecule is COc1ccc2c(c1)C(N(C)CC(C)(C)CN)CC2. The molecule has 2 N–H and O–H groups in total. The molecule has 0 saturated heterocycles. The van der Waals surface area contributed by atoms with Gasteiger partial charge in [-0.2, -0.15) is 0 Å². The van der Waals surface area contributed by atoms with Gasteiger partial charge in [0, 0.05) is 12.6 Å². The molecule has 1 aliphatic rings. The summed E-state index contributed by atoms with van der Waals surface area (Å²) in [6.45, 7) is 6.19. The lowest BCUT2D eigenvalue weighted by molar-refractivity contribution is 0.164. The fourth-order valence-electron chi connectivity index (χ4n) is 2.99. The molecule has 1 atom stereocenters. The molecule has 0 aromatic heterocycles. The Kier molecular flexibility index (Phi) is 4.16. The third kappa shape index (κ3) is 3.10. The zero-order chi connectivity index (χ0) is 14.0. The van der Waals surface area contributed by atoms with E-state index in [0.717, 1.165) is 25.3 Å². The molecule has 0 heterocycles. The van der Waals surface area contributed by atoms with E-state index >= 15 is 0 Å². The molecule has 1 aliphatic carbocycles. The summed E-state index contributed by atoms with van der Waals surface area (Å²) < 4.78 is 5.35. The second-order valence-corrected chi connectivity index (χ2v) is 6.40. The molecule has 0 spiro atoms. The first-order chi connectivity index (χ1) is 8.96. The number of nitrogens with two attached hydrogens (primary N) is 1. The van der Waals surface area contributed by atoms with Gasteiger partial charge in [-0.15, -0.1) is 0 Å². The first-order valence-corrected chi connectivity index (χ1v) is 7.04. The van der Waals surface area contributed by atoms with Crippen LogP contribution >= 0.6 is 0 Å². The Balaban J connectivity index is 2.17. The molecule has 3 nitrogen and oxygen atoms in total. The number of ether oxygens (including phenoxy) is 1. The fourth-order valence-corrected chi connectivity index (χ4v) is 2.99. The summed E-state index contributed by atoms with van der Waals surface area (Å²) in [4.78, 5) is 2.44. The Morgan fingerprint density at radius 3 is 2.79 bits per heavy atom. The minimum Gasteiger partial charge on any atom is -0.497 e. The van der Waals surface area contributed by atoms with E-state index in [2.05, 4.69) is 44.0 Å². The third-order valence-corrected chi connectivity index (χ3v) is 4.16. The van der Waals surface area contributed by atoms with Crippen molar-refractivity contribution in [1.82, 2.24) is 4.90 Å². The summed E-state index contributed by atoms with van der Waals surface area (Å²) in [5.41, 5.74) is 8.90. The van der Waals surface area contributed by atoms with Crippen molar-refractivity contribution in [3.63, 3.8) is 0 Å². The van der Waals surface area contributed by atoms with Crippen LogP contribution in [0.15, 0.2) is 18.2 Å². The molecule has 0 amide bonds. The lowest BCUT2D eigenvalue weighted by atomic mass is 9.92. The molecule has 1 unspecified atom stereocenters. The van der Waals surface area contributed by atoms with Crippen LogP contribution in [0.1, 0.15) is 37.4 Å². The van der Waals surface area contributed by atoms with Crippen LogP contribution in [-0.2, 0) is 6.42 Å². The van der Waals surface area contributed by atoms with Crippen molar-refractivity contribution >= 4 is 0 Å². The predicted octanol–water partition coefficient (Wildman–Crippen LogP) is 2.60. The number of fused-ring (bicyclic) bond motifs is 1. The summed E-state index contributed by atoms with van der Waals surface area (Å²) in [5, 5.41) is 0. The molecule has 106 valence electrons. The number of rotatable bonds is 5. The number of aryl methyl sites for hydroxylation is 1. The molecule has 1 aromatic rings. The number of benzene rings is 1. The quantitative estimate of drug-likeness (QED) is 0.886. The van der Waals surface area contributed by atoms with Gasteiger partial charge in [0.15, 0.2) is 0 Å². The molecule has 0 saturated carbocycles. The second-order valence-electron chi connectivity index (χ2n) is 6.40. The van der Waals surface area contributed by atoms with Crippen LogP contribution < -0.4 is 10.5 Å². The van der Waals surface area contributed by atoms with E-state index < -0.39 is 0 Å². The van der Waals surface area contributed by atoms with Gasteiger partial charge in [-0.05, 0) is 55.1 Å². The van der Waals surface area contributed by atoms with E-state index in [0.29, 0.717) is 6.04 Å². The van der Waals surface area contributed by atoms with E-state index in [-0.39, 0.29) is 5.41 Å². The maximum absolute atomic E-state index is 5.85. The fraction of sp³-hybridized carbons (Fsp3) is 0.625. The number of nitrogens with zero attached hydrogens (tertiary/aromatic N) is 1. The smallest absolute Gasteiger partial charge is 0.119 e. The lowest BCUT2D eigenvalue weighted by Crippen LogP contribution is -2.38. The molecule has 0 aliphatic heterocycles. The molecule has 1 aromatic carbocycles. The van der Waals surface area contributed by atoms with E-state index in [1.807, 2.05) is 0 Å². The van der Waals surface area contributed by atoms with Crippen LogP contribution in [-0.4, -0.2) is 32.1 Å². The average Bonchev–Trinajstić information content (AvgIpc) is 2.80. The molecule has 2 rings (SSSR count). The normalized spacial score (nSPS) is 18.7. The van der Waals surface area contributed by atoms with Crippen molar-refractivity contribution in [2.45, 2.75) is 32.7 Å². The van der Waals surface area contributed by atoms with Crippen LogP contribution in [0.25, 0.3) is 0 Å². The maximum atomic E-state index is 5.85. The molecule has 0 fully saturated rings. The highest BCUT2D eigenvalue weighted by Crippen LogP contribution is 2.38. The van der Waals surface area contributed by atoms with E-state index in [1.54, 1.807) is 7.11 Å². The summed E-state index contributed by atoms with van der Waals surface area (Å²) in [5.74, 6) is 0.956. The Hall–Kier alpha value is -1.06. The van der Waals surface area contributed by atoms with Gasteiger partial charge in [0.1, 0.15) is 5.75 Å². The average molecular weight is 262 g/mol. The van der Waals surface area contributed by atoms with Crippen LogP contribution in [0.3, 0.4) is 0 Å². The topological polar surface area (TPSA) is 38.5 Å². The van der Waals surface area contributed by atoms with Gasteiger partial charge in [-0.1, -0.05) is 19.9 Å². The van der Waals surface area contributed by atoms with Crippen molar-refractivity contribution in [3.05, 3.63) is 29.3 Å². The molecule has 19 heavy (non-hydrogen) atoms. The molecule has 0 radical (unpaired) electrons. The van der Waals surface area contributed by atoms with Crippen molar-refractivity contribution in [3.8, 4) is 5.75 Å². The standard InChI is InChI=1S/C16H26N2O/c1-16(2,10-17)11-18(3)15-8-6-12-5-7-13(19-4)9-14(12)15/h5,7,9,15H,6,8,10-11,17H2,1-4H3. The van der Waals surface area contributed by atoms with Crippen molar-refractivity contribution in [2.24, 2.45) is 11.1 Å². The van der Waals surface area contributed by atoms with Crippen molar-refractivity contribution < 1.29 is 4.74 Å². The zero-order valence-electron chi connectivity index (χ0n) is 12.6. The summed E-state index contributed by atoms with van der Waals surface area (Å²) in [7, 11) is 3.93. The zero-order valence-corrected chi connectivity index (χ0v) is 12.6. The number of hydrogen-bond donors (Lipinski definition) is 1. The number of hydrogen-bond acceptors (Lipinski definition) is 3. The van der Waals surface area contributed by atoms with Gasteiger partial charge in [0.05, 0.1) is 7.11 Å². The Morgan fingerprint density at radius 2 is 2.16 bits per heavy atom. The van der Waals surface area contributed by atoms with Gasteiger partial charge in [0.2, 0.25) is 0 Å². The molecular weight excluding hydrogens is 236 g/mol. The van der Waals surface area contributed by atoms with Gasteiger partial charge >= 0.3 is 0 Å². The third-order valence-electron chi connectivity index (χ3n) is 4.16. The first kappa shape index (κ1) is 14.4. The predicted molar refractivity (Wildman–Crippen MR) is 79.5 cm³/mol. The Labute approximate surface area is 116 Å². The second kappa shape index (κ2) is 5.51. The minimum absolute atomic E-state index is 0.163. The monoisotopic (exact) mass is 262 g/mol. The highest BCUT2D eigenvalue weighted by molar-refractivity contribution is 5.40. The van der Waals surface area contributed by atoms with E-state index in [9.17, 15) is 0 Å². The van der Waals surface area contributed by atoms with Crippen molar-refractivity contribution in [2.75, 3.05) is 27.2 Å². The highest BCUT2D eigenvalue weighted by atomic mass is 16.5. The van der Waals surface area contributed by atoms with Gasteiger partial charge in [0.25, 0.3) is 0 Å². The summed E-state index contributed by atoms with van der Waals surface area (Å²) in [6.07, 6.45) is 2.36. The van der Waals surface area contributed by atoms with Gasteiger partial charge < -0.3 is 10.5 Å². The molecule has 0 bridgehead atoms. The van der Waals surface area contributed by atoms with E-state index in [4.69, 9.17) is 10.5 Å². The van der Waals surface area contributed by atoms with Crippen LogP contribution in [0.2, 0.25) is 0 Å². The molecular formula is C16H26N2O. The Bertz CT molecular complexity index is 442. The first-order valence-electron chi connectivity index (χ1n) is 7.04. The van der Waals surface area contributed by atoms with Crippen LogP contribution in [0, 0.1) is 5.41 Å². The lowest BCUT2D eigenvalue weighted by Gasteiger charge is -2.33. The van der Waals surface area contributed by atoms with Gasteiger partial charge in [-0.25, -0.2) is 0 Å². The van der Waals surface area contributed by atoms with Gasteiger partial charge in [-0.3, -0.25) is 4.90 Å². The van der Waals surface area contributed by atoms with Crippen LogP contribution in [0.4, 0.5) is 0 Å². The number of methoxy groups -OCH3 is 1. The highest BCUT2D eigenvalue weighted by Gasteiger charge is 2.29. The largest absolute Gasteiger partial charge is 0.497 e.